The number of urea groups is 1. The number of para-hydroxylation sites is 1. The van der Waals surface area contributed by atoms with E-state index in [0.29, 0.717) is 38.3 Å². The molecule has 1 atom stereocenters. The summed E-state index contributed by atoms with van der Waals surface area (Å²) in [6, 6.07) is 25.2. The van der Waals surface area contributed by atoms with Gasteiger partial charge in [-0.25, -0.2) is 4.79 Å². The number of amides is 2. The van der Waals surface area contributed by atoms with Crippen LogP contribution >= 0.6 is 0 Å². The summed E-state index contributed by atoms with van der Waals surface area (Å²) < 4.78 is 17.2. The van der Waals surface area contributed by atoms with Crippen molar-refractivity contribution in [1.29, 1.82) is 5.26 Å². The lowest BCUT2D eigenvalue weighted by molar-refractivity contribution is 0.00546. The number of hydrogen-bond acceptors (Lipinski definition) is 6. The largest absolute Gasteiger partial charge is 0.497 e. The van der Waals surface area contributed by atoms with Crippen LogP contribution in [0.15, 0.2) is 72.8 Å². The van der Waals surface area contributed by atoms with E-state index in [9.17, 15) is 4.79 Å². The number of piperazine rings is 1. The quantitative estimate of drug-likeness (QED) is 0.433. The number of carbonyl (C=O) groups excluding carboxylic acids is 1. The molecular formula is C30H34N4O4. The Kier molecular flexibility index (Phi) is 9.57. The van der Waals surface area contributed by atoms with Gasteiger partial charge in [0.1, 0.15) is 11.5 Å². The molecule has 4 rings (SSSR count). The highest BCUT2D eigenvalue weighted by Crippen LogP contribution is 2.25. The second-order valence-electron chi connectivity index (χ2n) is 9.14. The molecule has 1 aliphatic rings. The first-order valence-electron chi connectivity index (χ1n) is 12.7. The molecule has 0 aliphatic carbocycles. The van der Waals surface area contributed by atoms with Crippen molar-refractivity contribution in [3.8, 4) is 17.6 Å². The van der Waals surface area contributed by atoms with Gasteiger partial charge >= 0.3 is 6.03 Å². The van der Waals surface area contributed by atoms with Gasteiger partial charge in [0.2, 0.25) is 0 Å². The highest BCUT2D eigenvalue weighted by molar-refractivity contribution is 5.74. The second kappa shape index (κ2) is 13.5. The third-order valence-electron chi connectivity index (χ3n) is 6.71. The number of ether oxygens (including phenoxy) is 3. The number of carbonyl (C=O) groups is 1. The molecule has 3 aromatic carbocycles. The van der Waals surface area contributed by atoms with Gasteiger partial charge in [-0.2, -0.15) is 5.26 Å². The summed E-state index contributed by atoms with van der Waals surface area (Å²) in [6.45, 7) is 4.32. The molecule has 38 heavy (non-hydrogen) atoms. The number of nitrogens with one attached hydrogen (secondary N) is 1. The van der Waals surface area contributed by atoms with Crippen LogP contribution in [0, 0.1) is 11.3 Å². The highest BCUT2D eigenvalue weighted by Gasteiger charge is 2.24. The third-order valence-corrected chi connectivity index (χ3v) is 6.71. The third kappa shape index (κ3) is 7.25. The smallest absolute Gasteiger partial charge is 0.317 e. The number of nitriles is 1. The Morgan fingerprint density at radius 1 is 0.974 bits per heavy atom. The lowest BCUT2D eigenvalue weighted by Gasteiger charge is -2.36. The van der Waals surface area contributed by atoms with E-state index in [4.69, 9.17) is 19.5 Å². The molecule has 2 amide bonds. The average Bonchev–Trinajstić information content (AvgIpc) is 2.98. The van der Waals surface area contributed by atoms with Gasteiger partial charge in [-0.3, -0.25) is 4.90 Å². The van der Waals surface area contributed by atoms with Crippen molar-refractivity contribution in [2.75, 3.05) is 46.9 Å². The van der Waals surface area contributed by atoms with Gasteiger partial charge in [0, 0.05) is 44.8 Å². The predicted octanol–water partition coefficient (Wildman–Crippen LogP) is 4.36. The van der Waals surface area contributed by atoms with Gasteiger partial charge in [-0.15, -0.1) is 0 Å². The molecule has 1 fully saturated rings. The van der Waals surface area contributed by atoms with Crippen LogP contribution in [0.2, 0.25) is 0 Å². The monoisotopic (exact) mass is 514 g/mol. The molecule has 1 N–H and O–H groups in total. The van der Waals surface area contributed by atoms with E-state index in [0.717, 1.165) is 41.3 Å². The van der Waals surface area contributed by atoms with Gasteiger partial charge < -0.3 is 24.4 Å². The molecule has 0 saturated carbocycles. The van der Waals surface area contributed by atoms with Gasteiger partial charge in [-0.1, -0.05) is 42.5 Å². The molecule has 0 bridgehead atoms. The molecule has 1 heterocycles. The molecule has 1 saturated heterocycles. The Balaban J connectivity index is 1.34. The molecule has 0 unspecified atom stereocenters. The molecule has 1 aliphatic heterocycles. The Bertz CT molecular complexity index is 1230. The minimum absolute atomic E-state index is 0.0723. The molecule has 8 nitrogen and oxygen atoms in total. The predicted molar refractivity (Wildman–Crippen MR) is 145 cm³/mol. The Morgan fingerprint density at radius 3 is 2.45 bits per heavy atom. The number of hydrogen-bond donors (Lipinski definition) is 1. The van der Waals surface area contributed by atoms with Crippen molar-refractivity contribution in [3.63, 3.8) is 0 Å². The molecule has 0 aromatic heterocycles. The zero-order valence-electron chi connectivity index (χ0n) is 21.9. The van der Waals surface area contributed by atoms with Crippen molar-refractivity contribution in [2.24, 2.45) is 0 Å². The minimum Gasteiger partial charge on any atom is -0.497 e. The highest BCUT2D eigenvalue weighted by atomic mass is 16.5. The number of methoxy groups -OCH3 is 2. The molecular weight excluding hydrogens is 480 g/mol. The van der Waals surface area contributed by atoms with Crippen molar-refractivity contribution in [1.82, 2.24) is 15.1 Å². The van der Waals surface area contributed by atoms with Gasteiger partial charge in [0.15, 0.2) is 0 Å². The molecule has 3 aromatic rings. The van der Waals surface area contributed by atoms with E-state index >= 15 is 0 Å². The van der Waals surface area contributed by atoms with Crippen LogP contribution in [-0.4, -0.2) is 62.8 Å². The van der Waals surface area contributed by atoms with Crippen LogP contribution in [-0.2, 0) is 17.9 Å². The molecule has 0 radical (unpaired) electrons. The summed E-state index contributed by atoms with van der Waals surface area (Å²) in [4.78, 5) is 17.0. The van der Waals surface area contributed by atoms with Crippen molar-refractivity contribution >= 4 is 6.03 Å². The summed E-state index contributed by atoms with van der Waals surface area (Å²) in [5.41, 5.74) is 3.62. The fraction of sp³-hybridized carbons (Fsp3) is 0.333. The number of rotatable bonds is 10. The second-order valence-corrected chi connectivity index (χ2v) is 9.14. The van der Waals surface area contributed by atoms with Crippen LogP contribution in [0.25, 0.3) is 0 Å². The number of benzene rings is 3. The summed E-state index contributed by atoms with van der Waals surface area (Å²) in [5, 5.41) is 12.1. The van der Waals surface area contributed by atoms with Crippen LogP contribution in [0.3, 0.4) is 0 Å². The fourth-order valence-corrected chi connectivity index (χ4v) is 4.47. The number of nitrogens with zero attached hydrogens (tertiary/aromatic N) is 3. The van der Waals surface area contributed by atoms with Gasteiger partial charge in [0.05, 0.1) is 38.6 Å². The standard InChI is InChI=1S/C30H34N4O4/c1-36-27-8-5-7-25(18-27)29(38-22-24-12-10-23(19-31)11-13-24)21-33-14-16-34(17-15-33)30(35)32-20-26-6-3-4-9-28(26)37-2/h3-13,18,29H,14-17,20-22H2,1-2H3,(H,32,35)/t29-/m1/s1. The first kappa shape index (κ1) is 27.0. The maximum absolute atomic E-state index is 12.8. The van der Waals surface area contributed by atoms with Crippen LogP contribution in [0.4, 0.5) is 4.79 Å². The van der Waals surface area contributed by atoms with E-state index in [-0.39, 0.29) is 12.1 Å². The summed E-state index contributed by atoms with van der Waals surface area (Å²) in [6.07, 6.45) is -0.174. The van der Waals surface area contributed by atoms with Gasteiger partial charge in [-0.05, 0) is 41.5 Å². The first-order chi connectivity index (χ1) is 18.6. The summed E-state index contributed by atoms with van der Waals surface area (Å²) in [7, 11) is 3.29. The normalized spacial score (nSPS) is 14.4. The Morgan fingerprint density at radius 2 is 1.74 bits per heavy atom. The lowest BCUT2D eigenvalue weighted by atomic mass is 10.1. The molecule has 0 spiro atoms. The summed E-state index contributed by atoms with van der Waals surface area (Å²) in [5.74, 6) is 1.55. The van der Waals surface area contributed by atoms with E-state index in [1.807, 2.05) is 65.6 Å². The Labute approximate surface area is 224 Å². The zero-order valence-corrected chi connectivity index (χ0v) is 21.9. The maximum atomic E-state index is 12.8. The first-order valence-corrected chi connectivity index (χ1v) is 12.7. The molecule has 8 heteroatoms. The van der Waals surface area contributed by atoms with Crippen molar-refractivity contribution in [2.45, 2.75) is 19.3 Å². The lowest BCUT2D eigenvalue weighted by Crippen LogP contribution is -2.52. The Hall–Kier alpha value is -4.06. The van der Waals surface area contributed by atoms with Crippen LogP contribution in [0.5, 0.6) is 11.5 Å². The maximum Gasteiger partial charge on any atom is 0.317 e. The van der Waals surface area contributed by atoms with E-state index in [1.54, 1.807) is 26.4 Å². The zero-order chi connectivity index (χ0) is 26.7. The van der Waals surface area contributed by atoms with Crippen molar-refractivity contribution < 1.29 is 19.0 Å². The van der Waals surface area contributed by atoms with Crippen LogP contribution < -0.4 is 14.8 Å². The van der Waals surface area contributed by atoms with Crippen LogP contribution in [0.1, 0.15) is 28.4 Å². The SMILES string of the molecule is COc1cccc([C@@H](CN2CCN(C(=O)NCc3ccccc3OC)CC2)OCc2ccc(C#N)cc2)c1. The molecule has 198 valence electrons. The topological polar surface area (TPSA) is 87.1 Å². The van der Waals surface area contributed by atoms with E-state index in [1.165, 1.54) is 0 Å². The van der Waals surface area contributed by atoms with E-state index < -0.39 is 0 Å². The van der Waals surface area contributed by atoms with E-state index in [2.05, 4.69) is 16.3 Å². The summed E-state index contributed by atoms with van der Waals surface area (Å²) >= 11 is 0. The fourth-order valence-electron chi connectivity index (χ4n) is 4.47. The minimum atomic E-state index is -0.174. The van der Waals surface area contributed by atoms with Crippen molar-refractivity contribution in [3.05, 3.63) is 95.1 Å². The van der Waals surface area contributed by atoms with Gasteiger partial charge in [0.25, 0.3) is 0 Å². The average molecular weight is 515 g/mol.